The second kappa shape index (κ2) is 7.10. The topological polar surface area (TPSA) is 57.7 Å². The van der Waals surface area contributed by atoms with Crippen LogP contribution in [0.25, 0.3) is 0 Å². The molecule has 3 heterocycles. The van der Waals surface area contributed by atoms with Crippen LogP contribution in [-0.4, -0.2) is 45.6 Å². The van der Waals surface area contributed by atoms with E-state index in [9.17, 15) is 14.4 Å². The molecule has 1 aromatic carbocycles. The first-order chi connectivity index (χ1) is 12.9. The van der Waals surface area contributed by atoms with Crippen molar-refractivity contribution in [2.75, 3.05) is 0 Å². The van der Waals surface area contributed by atoms with Crippen LogP contribution < -0.4 is 0 Å². The lowest BCUT2D eigenvalue weighted by molar-refractivity contribution is -0.144. The zero-order chi connectivity index (χ0) is 19.1. The first-order valence-corrected chi connectivity index (χ1v) is 10.2. The molecule has 5 nitrogen and oxygen atoms in total. The van der Waals surface area contributed by atoms with Gasteiger partial charge in [-0.25, -0.2) is 0 Å². The Kier molecular flexibility index (Phi) is 4.79. The monoisotopic (exact) mass is 368 g/mol. The Morgan fingerprint density at radius 3 is 2.19 bits per heavy atom. The van der Waals surface area contributed by atoms with E-state index in [1.165, 1.54) is 21.6 Å². The molecule has 144 valence electrons. The molecule has 2 unspecified atom stereocenters. The average molecular weight is 368 g/mol. The van der Waals surface area contributed by atoms with Crippen LogP contribution in [0.5, 0.6) is 0 Å². The van der Waals surface area contributed by atoms with Gasteiger partial charge in [-0.1, -0.05) is 18.2 Å². The van der Waals surface area contributed by atoms with Crippen molar-refractivity contribution in [3.63, 3.8) is 0 Å². The van der Waals surface area contributed by atoms with Gasteiger partial charge in [0.25, 0.3) is 0 Å². The maximum Gasteiger partial charge on any atom is 0.229 e. The van der Waals surface area contributed by atoms with Crippen molar-refractivity contribution in [3.05, 3.63) is 34.9 Å². The van der Waals surface area contributed by atoms with Crippen LogP contribution in [0.3, 0.4) is 0 Å². The van der Waals surface area contributed by atoms with E-state index in [4.69, 9.17) is 0 Å². The molecule has 3 fully saturated rings. The summed E-state index contributed by atoms with van der Waals surface area (Å²) in [5.41, 5.74) is 3.75. The minimum atomic E-state index is -0.0288. The second-order valence-corrected chi connectivity index (χ2v) is 8.39. The molecule has 3 aliphatic rings. The number of piperidine rings is 1. The summed E-state index contributed by atoms with van der Waals surface area (Å²) in [6, 6.07) is 6.77. The number of fused-ring (bicyclic) bond motifs is 2. The van der Waals surface area contributed by atoms with Crippen molar-refractivity contribution in [3.8, 4) is 0 Å². The highest BCUT2D eigenvalue weighted by atomic mass is 16.2. The summed E-state index contributed by atoms with van der Waals surface area (Å²) >= 11 is 0. The van der Waals surface area contributed by atoms with Gasteiger partial charge in [-0.05, 0) is 62.6 Å². The van der Waals surface area contributed by atoms with E-state index < -0.39 is 0 Å². The summed E-state index contributed by atoms with van der Waals surface area (Å²) < 4.78 is 0. The number of rotatable bonds is 4. The standard InChI is InChI=1S/C22H28N2O3/c1-14-3-4-16(11-15(14)2)5-8-20(25)23-17-6-7-18(23)13-19(12-17)24-21(26)9-10-22(24)27/h3-4,11,17-19H,5-10,12-13H2,1-2H3. The molecule has 3 amide bonds. The van der Waals surface area contributed by atoms with Crippen molar-refractivity contribution < 1.29 is 14.4 Å². The molecule has 0 aliphatic carbocycles. The van der Waals surface area contributed by atoms with Gasteiger partial charge in [-0.2, -0.15) is 0 Å². The third-order valence-corrected chi connectivity index (χ3v) is 6.65. The summed E-state index contributed by atoms with van der Waals surface area (Å²) in [5, 5.41) is 0. The molecule has 4 rings (SSSR count). The Hall–Kier alpha value is -2.17. The Morgan fingerprint density at radius 2 is 1.59 bits per heavy atom. The SMILES string of the molecule is Cc1ccc(CCC(=O)N2C3CCC2CC(N2C(=O)CCC2=O)C3)cc1C. The first kappa shape index (κ1) is 18.2. The normalized spacial score (nSPS) is 27.6. The molecule has 0 radical (unpaired) electrons. The number of hydrogen-bond donors (Lipinski definition) is 0. The molecule has 0 spiro atoms. The molecule has 5 heteroatoms. The molecule has 27 heavy (non-hydrogen) atoms. The maximum absolute atomic E-state index is 12.9. The molecule has 3 aliphatic heterocycles. The van der Waals surface area contributed by atoms with Crippen molar-refractivity contribution in [1.82, 2.24) is 9.80 Å². The van der Waals surface area contributed by atoms with Crippen LogP contribution in [0.15, 0.2) is 18.2 Å². The molecule has 0 aromatic heterocycles. The van der Waals surface area contributed by atoms with Crippen molar-refractivity contribution in [2.24, 2.45) is 0 Å². The number of imide groups is 1. The Morgan fingerprint density at radius 1 is 0.963 bits per heavy atom. The summed E-state index contributed by atoms with van der Waals surface area (Å²) in [6.07, 6.45) is 5.49. The number of benzene rings is 1. The van der Waals surface area contributed by atoms with Crippen LogP contribution in [-0.2, 0) is 20.8 Å². The van der Waals surface area contributed by atoms with Gasteiger partial charge in [0.15, 0.2) is 0 Å². The third-order valence-electron chi connectivity index (χ3n) is 6.65. The first-order valence-electron chi connectivity index (χ1n) is 10.2. The Balaban J connectivity index is 1.39. The molecular formula is C22H28N2O3. The maximum atomic E-state index is 12.9. The predicted molar refractivity (Wildman–Crippen MR) is 102 cm³/mol. The molecule has 2 atom stereocenters. The number of aryl methyl sites for hydroxylation is 3. The van der Waals surface area contributed by atoms with Gasteiger partial charge in [0, 0.05) is 37.4 Å². The Labute approximate surface area is 160 Å². The summed E-state index contributed by atoms with van der Waals surface area (Å²) in [5.74, 6) is 0.163. The molecular weight excluding hydrogens is 340 g/mol. The van der Waals surface area contributed by atoms with Crippen LogP contribution >= 0.6 is 0 Å². The lowest BCUT2D eigenvalue weighted by Gasteiger charge is -2.41. The smallest absolute Gasteiger partial charge is 0.229 e. The van der Waals surface area contributed by atoms with Crippen LogP contribution in [0.1, 0.15) is 61.6 Å². The second-order valence-electron chi connectivity index (χ2n) is 8.39. The van der Waals surface area contributed by atoms with E-state index in [0.717, 1.165) is 32.1 Å². The Bertz CT molecular complexity index is 758. The lowest BCUT2D eigenvalue weighted by Crippen LogP contribution is -2.53. The zero-order valence-electron chi connectivity index (χ0n) is 16.2. The van der Waals surface area contributed by atoms with Crippen LogP contribution in [0, 0.1) is 13.8 Å². The van der Waals surface area contributed by atoms with Crippen molar-refractivity contribution in [2.45, 2.75) is 83.3 Å². The minimum absolute atomic E-state index is 0.00574. The van der Waals surface area contributed by atoms with Crippen molar-refractivity contribution in [1.29, 1.82) is 0 Å². The van der Waals surface area contributed by atoms with Gasteiger partial charge >= 0.3 is 0 Å². The van der Waals surface area contributed by atoms with Crippen LogP contribution in [0.4, 0.5) is 0 Å². The quantitative estimate of drug-likeness (QED) is 0.768. The molecule has 0 saturated carbocycles. The number of carbonyl (C=O) groups is 3. The van der Waals surface area contributed by atoms with E-state index in [2.05, 4.69) is 36.9 Å². The van der Waals surface area contributed by atoms with E-state index in [1.807, 2.05) is 0 Å². The fourth-order valence-electron chi connectivity index (χ4n) is 5.11. The van der Waals surface area contributed by atoms with Crippen LogP contribution in [0.2, 0.25) is 0 Å². The van der Waals surface area contributed by atoms with Gasteiger partial charge < -0.3 is 4.90 Å². The van der Waals surface area contributed by atoms with Gasteiger partial charge in [-0.15, -0.1) is 0 Å². The lowest BCUT2D eigenvalue weighted by atomic mass is 9.95. The molecule has 3 saturated heterocycles. The van der Waals surface area contributed by atoms with Crippen molar-refractivity contribution >= 4 is 17.7 Å². The van der Waals surface area contributed by atoms with Gasteiger partial charge in [-0.3, -0.25) is 19.3 Å². The van der Waals surface area contributed by atoms with Gasteiger partial charge in [0.05, 0.1) is 0 Å². The average Bonchev–Trinajstić information content (AvgIpc) is 3.11. The number of likely N-dealkylation sites (tertiary alicyclic amines) is 1. The van der Waals surface area contributed by atoms with E-state index >= 15 is 0 Å². The highest BCUT2D eigenvalue weighted by Crippen LogP contribution is 2.39. The molecule has 0 N–H and O–H groups in total. The highest BCUT2D eigenvalue weighted by Gasteiger charge is 2.47. The molecule has 1 aromatic rings. The van der Waals surface area contributed by atoms with Gasteiger partial charge in [0.2, 0.25) is 17.7 Å². The number of amides is 3. The van der Waals surface area contributed by atoms with E-state index in [0.29, 0.717) is 19.3 Å². The highest BCUT2D eigenvalue weighted by molar-refractivity contribution is 6.02. The number of nitrogens with zero attached hydrogens (tertiary/aromatic N) is 2. The molecule has 2 bridgehead atoms. The summed E-state index contributed by atoms with van der Waals surface area (Å²) in [6.45, 7) is 4.20. The predicted octanol–water partition coefficient (Wildman–Crippen LogP) is 2.91. The third kappa shape index (κ3) is 3.40. The summed E-state index contributed by atoms with van der Waals surface area (Å²) in [4.78, 5) is 40.6. The minimum Gasteiger partial charge on any atom is -0.337 e. The van der Waals surface area contributed by atoms with Gasteiger partial charge in [0.1, 0.15) is 0 Å². The van der Waals surface area contributed by atoms with E-state index in [-0.39, 0.29) is 35.8 Å². The summed E-state index contributed by atoms with van der Waals surface area (Å²) in [7, 11) is 0. The number of carbonyl (C=O) groups excluding carboxylic acids is 3. The zero-order valence-corrected chi connectivity index (χ0v) is 16.2. The number of hydrogen-bond acceptors (Lipinski definition) is 3. The van der Waals surface area contributed by atoms with E-state index in [1.54, 1.807) is 0 Å². The largest absolute Gasteiger partial charge is 0.337 e. The fraction of sp³-hybridized carbons (Fsp3) is 0.591. The fourth-order valence-corrected chi connectivity index (χ4v) is 5.11.